The molecule has 0 spiro atoms. The van der Waals surface area contributed by atoms with Gasteiger partial charge in [0.2, 0.25) is 0 Å². The normalized spacial score (nSPS) is 24.3. The molecule has 0 aliphatic carbocycles. The van der Waals surface area contributed by atoms with Crippen LogP contribution in [0.3, 0.4) is 0 Å². The van der Waals surface area contributed by atoms with E-state index in [1.807, 2.05) is 6.20 Å². The fourth-order valence-corrected chi connectivity index (χ4v) is 3.27. The van der Waals surface area contributed by atoms with Gasteiger partial charge in [-0.3, -0.25) is 4.90 Å². The van der Waals surface area contributed by atoms with Gasteiger partial charge < -0.3 is 10.6 Å². The Balaban J connectivity index is 1.60. The SMILES string of the molecule is NCCc1ccc(N2CCC(N3CCCC3)C2)nc1. The summed E-state index contributed by atoms with van der Waals surface area (Å²) in [5, 5.41) is 0. The minimum absolute atomic E-state index is 0.696. The average molecular weight is 260 g/mol. The van der Waals surface area contributed by atoms with Crippen LogP contribution < -0.4 is 10.6 Å². The third-order valence-electron chi connectivity index (χ3n) is 4.39. The number of hydrogen-bond acceptors (Lipinski definition) is 4. The molecular formula is C15H24N4. The minimum Gasteiger partial charge on any atom is -0.355 e. The highest BCUT2D eigenvalue weighted by Crippen LogP contribution is 2.24. The topological polar surface area (TPSA) is 45.4 Å². The molecule has 2 N–H and O–H groups in total. The summed E-state index contributed by atoms with van der Waals surface area (Å²) in [6.45, 7) is 5.57. The lowest BCUT2D eigenvalue weighted by Crippen LogP contribution is -2.35. The van der Waals surface area contributed by atoms with Crippen molar-refractivity contribution in [3.8, 4) is 0 Å². The Morgan fingerprint density at radius 3 is 2.74 bits per heavy atom. The van der Waals surface area contributed by atoms with Gasteiger partial charge in [-0.25, -0.2) is 4.98 Å². The van der Waals surface area contributed by atoms with Gasteiger partial charge in [-0.05, 0) is 56.9 Å². The number of nitrogens with two attached hydrogens (primary N) is 1. The van der Waals surface area contributed by atoms with Crippen LogP contribution in [-0.2, 0) is 6.42 Å². The summed E-state index contributed by atoms with van der Waals surface area (Å²) in [7, 11) is 0. The number of nitrogens with zero attached hydrogens (tertiary/aromatic N) is 3. The maximum absolute atomic E-state index is 5.57. The van der Waals surface area contributed by atoms with Gasteiger partial charge in [-0.2, -0.15) is 0 Å². The third kappa shape index (κ3) is 2.90. The summed E-state index contributed by atoms with van der Waals surface area (Å²) >= 11 is 0. The van der Waals surface area contributed by atoms with Crippen molar-refractivity contribution < 1.29 is 0 Å². The molecule has 3 heterocycles. The third-order valence-corrected chi connectivity index (χ3v) is 4.39. The van der Waals surface area contributed by atoms with Gasteiger partial charge >= 0.3 is 0 Å². The maximum Gasteiger partial charge on any atom is 0.128 e. The largest absolute Gasteiger partial charge is 0.355 e. The van der Waals surface area contributed by atoms with Gasteiger partial charge in [-0.1, -0.05) is 6.07 Å². The zero-order chi connectivity index (χ0) is 13.1. The Morgan fingerprint density at radius 2 is 2.05 bits per heavy atom. The van der Waals surface area contributed by atoms with Crippen LogP contribution in [0.4, 0.5) is 5.82 Å². The summed E-state index contributed by atoms with van der Waals surface area (Å²) in [5.41, 5.74) is 6.80. The second kappa shape index (κ2) is 5.88. The van der Waals surface area contributed by atoms with Crippen molar-refractivity contribution in [1.82, 2.24) is 9.88 Å². The van der Waals surface area contributed by atoms with Gasteiger partial charge in [0.15, 0.2) is 0 Å². The highest BCUT2D eigenvalue weighted by molar-refractivity contribution is 5.41. The van der Waals surface area contributed by atoms with Gasteiger partial charge in [0.25, 0.3) is 0 Å². The second-order valence-corrected chi connectivity index (χ2v) is 5.69. The summed E-state index contributed by atoms with van der Waals surface area (Å²) in [5.74, 6) is 1.13. The molecule has 2 saturated heterocycles. The van der Waals surface area contributed by atoms with E-state index in [2.05, 4.69) is 26.9 Å². The van der Waals surface area contributed by atoms with Crippen molar-refractivity contribution in [3.63, 3.8) is 0 Å². The summed E-state index contributed by atoms with van der Waals surface area (Å²) in [6.07, 6.45) is 6.94. The summed E-state index contributed by atoms with van der Waals surface area (Å²) < 4.78 is 0. The first-order chi connectivity index (χ1) is 9.36. The molecule has 0 radical (unpaired) electrons. The molecule has 1 aromatic heterocycles. The van der Waals surface area contributed by atoms with Crippen molar-refractivity contribution in [3.05, 3.63) is 23.9 Å². The first-order valence-electron chi connectivity index (χ1n) is 7.51. The van der Waals surface area contributed by atoms with E-state index in [4.69, 9.17) is 5.73 Å². The minimum atomic E-state index is 0.696. The van der Waals surface area contributed by atoms with Gasteiger partial charge in [0.1, 0.15) is 5.82 Å². The highest BCUT2D eigenvalue weighted by Gasteiger charge is 2.29. The first-order valence-corrected chi connectivity index (χ1v) is 7.51. The number of anilines is 1. The molecule has 1 atom stereocenters. The van der Waals surface area contributed by atoms with Crippen LogP contribution in [-0.4, -0.2) is 48.6 Å². The molecule has 2 aliphatic heterocycles. The molecular weight excluding hydrogens is 236 g/mol. The van der Waals surface area contributed by atoms with E-state index in [9.17, 15) is 0 Å². The zero-order valence-electron chi connectivity index (χ0n) is 11.6. The number of aromatic nitrogens is 1. The van der Waals surface area contributed by atoms with Crippen LogP contribution in [0.5, 0.6) is 0 Å². The Bertz CT molecular complexity index is 397. The second-order valence-electron chi connectivity index (χ2n) is 5.69. The van der Waals surface area contributed by atoms with E-state index < -0.39 is 0 Å². The van der Waals surface area contributed by atoms with Crippen LogP contribution in [0, 0.1) is 0 Å². The molecule has 0 bridgehead atoms. The molecule has 3 rings (SSSR count). The number of hydrogen-bond donors (Lipinski definition) is 1. The standard InChI is InChI=1S/C15H24N4/c16-7-5-13-3-4-15(17-11-13)19-10-6-14(12-19)18-8-1-2-9-18/h3-4,11,14H,1-2,5-10,12,16H2. The van der Waals surface area contributed by atoms with Crippen LogP contribution >= 0.6 is 0 Å². The van der Waals surface area contributed by atoms with Crippen molar-refractivity contribution in [1.29, 1.82) is 0 Å². The first kappa shape index (κ1) is 12.9. The van der Waals surface area contributed by atoms with Crippen LogP contribution in [0.2, 0.25) is 0 Å². The van der Waals surface area contributed by atoms with Gasteiger partial charge in [-0.15, -0.1) is 0 Å². The predicted molar refractivity (Wildman–Crippen MR) is 78.4 cm³/mol. The monoisotopic (exact) mass is 260 g/mol. The van der Waals surface area contributed by atoms with E-state index in [1.165, 1.54) is 37.9 Å². The van der Waals surface area contributed by atoms with E-state index in [0.717, 1.165) is 31.4 Å². The lowest BCUT2D eigenvalue weighted by molar-refractivity contribution is 0.260. The molecule has 0 aromatic carbocycles. The molecule has 0 saturated carbocycles. The fraction of sp³-hybridized carbons (Fsp3) is 0.667. The molecule has 104 valence electrons. The lowest BCUT2D eigenvalue weighted by atomic mass is 10.2. The average Bonchev–Trinajstić information content (AvgIpc) is 3.11. The van der Waals surface area contributed by atoms with Crippen molar-refractivity contribution in [2.75, 3.05) is 37.6 Å². The zero-order valence-corrected chi connectivity index (χ0v) is 11.6. The van der Waals surface area contributed by atoms with Gasteiger partial charge in [0, 0.05) is 25.3 Å². The molecule has 2 aliphatic rings. The molecule has 19 heavy (non-hydrogen) atoms. The Morgan fingerprint density at radius 1 is 1.21 bits per heavy atom. The van der Waals surface area contributed by atoms with Crippen LogP contribution in [0.15, 0.2) is 18.3 Å². The van der Waals surface area contributed by atoms with E-state index in [-0.39, 0.29) is 0 Å². The summed E-state index contributed by atoms with van der Waals surface area (Å²) in [6, 6.07) is 5.06. The van der Waals surface area contributed by atoms with E-state index in [1.54, 1.807) is 0 Å². The van der Waals surface area contributed by atoms with E-state index >= 15 is 0 Å². The van der Waals surface area contributed by atoms with Crippen LogP contribution in [0.1, 0.15) is 24.8 Å². The van der Waals surface area contributed by atoms with E-state index in [0.29, 0.717) is 6.54 Å². The van der Waals surface area contributed by atoms with Crippen molar-refractivity contribution >= 4 is 5.82 Å². The molecule has 2 fully saturated rings. The molecule has 4 nitrogen and oxygen atoms in total. The molecule has 1 unspecified atom stereocenters. The number of rotatable bonds is 4. The number of pyridine rings is 1. The number of likely N-dealkylation sites (tertiary alicyclic amines) is 1. The van der Waals surface area contributed by atoms with Gasteiger partial charge in [0.05, 0.1) is 0 Å². The van der Waals surface area contributed by atoms with Crippen molar-refractivity contribution in [2.45, 2.75) is 31.7 Å². The predicted octanol–water partition coefficient (Wildman–Crippen LogP) is 1.26. The Kier molecular flexibility index (Phi) is 3.99. The smallest absolute Gasteiger partial charge is 0.128 e. The molecule has 0 amide bonds. The quantitative estimate of drug-likeness (QED) is 0.885. The molecule has 1 aromatic rings. The Hall–Kier alpha value is -1.13. The fourth-order valence-electron chi connectivity index (χ4n) is 3.27. The maximum atomic E-state index is 5.57. The Labute approximate surface area is 115 Å². The molecule has 4 heteroatoms. The van der Waals surface area contributed by atoms with Crippen LogP contribution in [0.25, 0.3) is 0 Å². The van der Waals surface area contributed by atoms with Crippen molar-refractivity contribution in [2.24, 2.45) is 5.73 Å². The lowest BCUT2D eigenvalue weighted by Gasteiger charge is -2.24. The summed E-state index contributed by atoms with van der Waals surface area (Å²) in [4.78, 5) is 9.67. The highest BCUT2D eigenvalue weighted by atomic mass is 15.3.